The fraction of sp³-hybridized carbons (Fsp3) is 0.571. The Morgan fingerprint density at radius 1 is 1.24 bits per heavy atom. The summed E-state index contributed by atoms with van der Waals surface area (Å²) in [5, 5.41) is 10.6. The van der Waals surface area contributed by atoms with Gasteiger partial charge in [-0.2, -0.15) is 0 Å². The normalized spacial score (nSPS) is 19.1. The SMILES string of the molecule is Nc1cccc(Cl)c1S(=O)(=O)NCC1(O)CCCCCC1. The standard InChI is InChI=1S/C14H21ClN2O3S/c15-11-6-5-7-12(16)13(11)21(19,20)17-10-14(18)8-3-1-2-4-9-14/h5-7,17-18H,1-4,8-10,16H2. The van der Waals surface area contributed by atoms with Crippen molar-refractivity contribution in [3.63, 3.8) is 0 Å². The second kappa shape index (κ2) is 6.52. The van der Waals surface area contributed by atoms with E-state index in [1.165, 1.54) is 12.1 Å². The summed E-state index contributed by atoms with van der Waals surface area (Å²) in [4.78, 5) is -0.121. The van der Waals surface area contributed by atoms with Gasteiger partial charge in [-0.25, -0.2) is 13.1 Å². The van der Waals surface area contributed by atoms with Crippen molar-refractivity contribution in [3.05, 3.63) is 23.2 Å². The molecule has 0 atom stereocenters. The lowest BCUT2D eigenvalue weighted by atomic mass is 9.95. The van der Waals surface area contributed by atoms with Crippen LogP contribution in [0.5, 0.6) is 0 Å². The van der Waals surface area contributed by atoms with E-state index in [2.05, 4.69) is 4.72 Å². The van der Waals surface area contributed by atoms with Gasteiger partial charge in [-0.1, -0.05) is 43.4 Å². The largest absolute Gasteiger partial charge is 0.398 e. The quantitative estimate of drug-likeness (QED) is 0.582. The molecule has 0 unspecified atom stereocenters. The molecule has 21 heavy (non-hydrogen) atoms. The van der Waals surface area contributed by atoms with Crippen molar-refractivity contribution in [2.75, 3.05) is 12.3 Å². The van der Waals surface area contributed by atoms with Crippen LogP contribution in [0.2, 0.25) is 5.02 Å². The van der Waals surface area contributed by atoms with Crippen LogP contribution in [0.1, 0.15) is 38.5 Å². The molecule has 0 heterocycles. The predicted molar refractivity (Wildman–Crippen MR) is 83.7 cm³/mol. The minimum Gasteiger partial charge on any atom is -0.398 e. The average molecular weight is 333 g/mol. The molecule has 0 aliphatic heterocycles. The molecule has 1 aliphatic rings. The minimum absolute atomic E-state index is 0.0139. The highest BCUT2D eigenvalue weighted by Gasteiger charge is 2.31. The van der Waals surface area contributed by atoms with Gasteiger partial charge in [0.25, 0.3) is 0 Å². The van der Waals surface area contributed by atoms with Gasteiger partial charge in [0.15, 0.2) is 0 Å². The first kappa shape index (κ1) is 16.5. The Hall–Kier alpha value is -0.820. The molecule has 5 nitrogen and oxygen atoms in total. The van der Waals surface area contributed by atoms with Gasteiger partial charge in [-0.05, 0) is 25.0 Å². The lowest BCUT2D eigenvalue weighted by molar-refractivity contribution is 0.0303. The number of nitrogens with one attached hydrogen (secondary N) is 1. The lowest BCUT2D eigenvalue weighted by Gasteiger charge is -2.27. The van der Waals surface area contributed by atoms with Gasteiger partial charge in [0, 0.05) is 6.54 Å². The molecule has 1 aromatic rings. The van der Waals surface area contributed by atoms with E-state index in [0.717, 1.165) is 25.7 Å². The number of halogens is 1. The summed E-state index contributed by atoms with van der Waals surface area (Å²) in [5.41, 5.74) is 4.82. The Morgan fingerprint density at radius 2 is 1.86 bits per heavy atom. The topological polar surface area (TPSA) is 92.4 Å². The molecule has 7 heteroatoms. The van der Waals surface area contributed by atoms with Gasteiger partial charge < -0.3 is 10.8 Å². The van der Waals surface area contributed by atoms with Gasteiger partial charge in [-0.3, -0.25) is 0 Å². The van der Waals surface area contributed by atoms with Crippen LogP contribution in [-0.4, -0.2) is 25.7 Å². The van der Waals surface area contributed by atoms with Crippen LogP contribution in [0.4, 0.5) is 5.69 Å². The predicted octanol–water partition coefficient (Wildman–Crippen LogP) is 2.29. The summed E-state index contributed by atoms with van der Waals surface area (Å²) in [7, 11) is -3.84. The van der Waals surface area contributed by atoms with E-state index in [9.17, 15) is 13.5 Å². The average Bonchev–Trinajstić information content (AvgIpc) is 2.62. The van der Waals surface area contributed by atoms with Crippen LogP contribution in [-0.2, 0) is 10.0 Å². The molecule has 0 spiro atoms. The van der Waals surface area contributed by atoms with Crippen LogP contribution >= 0.6 is 11.6 Å². The molecule has 0 radical (unpaired) electrons. The van der Waals surface area contributed by atoms with Crippen LogP contribution in [0.15, 0.2) is 23.1 Å². The number of benzene rings is 1. The Labute approximate surface area is 130 Å². The number of rotatable bonds is 4. The number of aliphatic hydroxyl groups is 1. The molecule has 2 rings (SSSR count). The number of hydrogen-bond donors (Lipinski definition) is 3. The maximum Gasteiger partial charge on any atom is 0.244 e. The van der Waals surface area contributed by atoms with Crippen molar-refractivity contribution in [1.82, 2.24) is 4.72 Å². The number of nitrogen functional groups attached to an aromatic ring is 1. The highest BCUT2D eigenvalue weighted by Crippen LogP contribution is 2.29. The highest BCUT2D eigenvalue weighted by atomic mass is 35.5. The molecule has 118 valence electrons. The van der Waals surface area contributed by atoms with E-state index in [1.54, 1.807) is 6.07 Å². The fourth-order valence-electron chi connectivity index (χ4n) is 2.67. The van der Waals surface area contributed by atoms with Crippen molar-refractivity contribution < 1.29 is 13.5 Å². The number of hydrogen-bond acceptors (Lipinski definition) is 4. The molecule has 1 aromatic carbocycles. The summed E-state index contributed by atoms with van der Waals surface area (Å²) >= 11 is 5.93. The first-order chi connectivity index (χ1) is 9.84. The third kappa shape index (κ3) is 4.10. The van der Waals surface area contributed by atoms with Crippen LogP contribution in [0.3, 0.4) is 0 Å². The van der Waals surface area contributed by atoms with Gasteiger partial charge in [0.2, 0.25) is 10.0 Å². The van der Waals surface area contributed by atoms with Gasteiger partial charge in [-0.15, -0.1) is 0 Å². The Bertz CT molecular complexity index is 576. The first-order valence-corrected chi connectivity index (χ1v) is 8.96. The zero-order valence-corrected chi connectivity index (χ0v) is 13.4. The number of nitrogens with two attached hydrogens (primary N) is 1. The first-order valence-electron chi connectivity index (χ1n) is 7.10. The van der Waals surface area contributed by atoms with E-state index in [0.29, 0.717) is 12.8 Å². The van der Waals surface area contributed by atoms with Crippen LogP contribution < -0.4 is 10.5 Å². The van der Waals surface area contributed by atoms with E-state index < -0.39 is 15.6 Å². The molecule has 4 N–H and O–H groups in total. The van der Waals surface area contributed by atoms with Crippen molar-refractivity contribution in [2.24, 2.45) is 0 Å². The zero-order chi connectivity index (χ0) is 15.5. The van der Waals surface area contributed by atoms with Crippen molar-refractivity contribution >= 4 is 27.3 Å². The third-order valence-corrected chi connectivity index (χ3v) is 5.84. The third-order valence-electron chi connectivity index (χ3n) is 3.89. The monoisotopic (exact) mass is 332 g/mol. The second-order valence-electron chi connectivity index (χ2n) is 5.62. The smallest absolute Gasteiger partial charge is 0.244 e. The summed E-state index contributed by atoms with van der Waals surface area (Å²) in [6, 6.07) is 4.56. The summed E-state index contributed by atoms with van der Waals surface area (Å²) in [5.74, 6) is 0. The maximum atomic E-state index is 12.4. The minimum atomic E-state index is -3.84. The van der Waals surface area contributed by atoms with Crippen molar-refractivity contribution in [3.8, 4) is 0 Å². The number of anilines is 1. The fourth-order valence-corrected chi connectivity index (χ4v) is 4.47. The van der Waals surface area contributed by atoms with Gasteiger partial charge >= 0.3 is 0 Å². The van der Waals surface area contributed by atoms with E-state index in [-0.39, 0.29) is 22.2 Å². The second-order valence-corrected chi connectivity index (χ2v) is 7.73. The van der Waals surface area contributed by atoms with E-state index in [4.69, 9.17) is 17.3 Å². The lowest BCUT2D eigenvalue weighted by Crippen LogP contribution is -2.42. The summed E-state index contributed by atoms with van der Waals surface area (Å²) in [6.45, 7) is -0.0139. The Kier molecular flexibility index (Phi) is 5.14. The van der Waals surface area contributed by atoms with Crippen LogP contribution in [0.25, 0.3) is 0 Å². The molecular formula is C14H21ClN2O3S. The molecule has 0 amide bonds. The van der Waals surface area contributed by atoms with E-state index in [1.807, 2.05) is 0 Å². The molecule has 1 saturated carbocycles. The molecular weight excluding hydrogens is 312 g/mol. The van der Waals surface area contributed by atoms with Gasteiger partial charge in [0.1, 0.15) is 4.90 Å². The molecule has 0 aromatic heterocycles. The molecule has 1 fully saturated rings. The molecule has 0 saturated heterocycles. The molecule has 0 bridgehead atoms. The Balaban J connectivity index is 2.14. The van der Waals surface area contributed by atoms with Crippen molar-refractivity contribution in [2.45, 2.75) is 49.0 Å². The highest BCUT2D eigenvalue weighted by molar-refractivity contribution is 7.89. The van der Waals surface area contributed by atoms with Crippen molar-refractivity contribution in [1.29, 1.82) is 0 Å². The molecule has 1 aliphatic carbocycles. The van der Waals surface area contributed by atoms with Crippen LogP contribution in [0, 0.1) is 0 Å². The zero-order valence-electron chi connectivity index (χ0n) is 11.8. The van der Waals surface area contributed by atoms with E-state index >= 15 is 0 Å². The van der Waals surface area contributed by atoms with Gasteiger partial charge in [0.05, 0.1) is 16.3 Å². The number of sulfonamides is 1. The maximum absolute atomic E-state index is 12.4. The summed E-state index contributed by atoms with van der Waals surface area (Å²) in [6.07, 6.45) is 5.18. The Morgan fingerprint density at radius 3 is 2.43 bits per heavy atom. The summed E-state index contributed by atoms with van der Waals surface area (Å²) < 4.78 is 27.2.